The van der Waals surface area contributed by atoms with E-state index >= 15 is 0 Å². The number of nitrogens with zero attached hydrogens (tertiary/aromatic N) is 1. The zero-order valence-corrected chi connectivity index (χ0v) is 11.8. The molecule has 1 rings (SSSR count). The predicted molar refractivity (Wildman–Crippen MR) is 69.6 cm³/mol. The van der Waals surface area contributed by atoms with Gasteiger partial charge in [0, 0.05) is 23.5 Å². The fraction of sp³-hybridized carbons (Fsp3) is 0.333. The van der Waals surface area contributed by atoms with Crippen LogP contribution in [0.4, 0.5) is 0 Å². The summed E-state index contributed by atoms with van der Waals surface area (Å²) in [6, 6.07) is 3.54. The third kappa shape index (κ3) is 4.07. The summed E-state index contributed by atoms with van der Waals surface area (Å²) in [6.45, 7) is 3.67. The van der Waals surface area contributed by atoms with Crippen molar-refractivity contribution >= 4 is 44.6 Å². The first-order valence-corrected chi connectivity index (χ1v) is 7.51. The van der Waals surface area contributed by atoms with Crippen LogP contribution in [0.15, 0.2) is 23.7 Å². The summed E-state index contributed by atoms with van der Waals surface area (Å²) < 4.78 is 25.3. The Morgan fingerprint density at radius 2 is 2.19 bits per heavy atom. The standard InChI is InChI=1S/C9H11Cl2NO2S2/c1-7(10)6-16(13,14)12(2)5-8-3-4-9(11)15-8/h3-4H,1,5-6H2,2H3. The lowest BCUT2D eigenvalue weighted by atomic mass is 10.5. The maximum absolute atomic E-state index is 11.7. The van der Waals surface area contributed by atoms with E-state index in [1.165, 1.54) is 22.7 Å². The molecule has 0 aliphatic heterocycles. The fourth-order valence-electron chi connectivity index (χ4n) is 1.06. The molecule has 1 aromatic rings. The van der Waals surface area contributed by atoms with Gasteiger partial charge in [0.25, 0.3) is 0 Å². The number of thiophene rings is 1. The number of hydrogen-bond acceptors (Lipinski definition) is 3. The van der Waals surface area contributed by atoms with Crippen LogP contribution in [-0.4, -0.2) is 25.5 Å². The number of rotatable bonds is 5. The van der Waals surface area contributed by atoms with Gasteiger partial charge in [-0.25, -0.2) is 8.42 Å². The highest BCUT2D eigenvalue weighted by Crippen LogP contribution is 2.23. The first kappa shape index (κ1) is 14.0. The van der Waals surface area contributed by atoms with Crippen LogP contribution < -0.4 is 0 Å². The quantitative estimate of drug-likeness (QED) is 0.838. The number of halogens is 2. The smallest absolute Gasteiger partial charge is 0.212 e. The molecule has 0 spiro atoms. The first-order chi connectivity index (χ1) is 7.31. The second kappa shape index (κ2) is 5.51. The molecule has 90 valence electrons. The molecule has 0 aromatic carbocycles. The molecule has 0 aliphatic rings. The van der Waals surface area contributed by atoms with Crippen LogP contribution in [0.5, 0.6) is 0 Å². The lowest BCUT2D eigenvalue weighted by Crippen LogP contribution is -2.28. The van der Waals surface area contributed by atoms with Crippen LogP contribution >= 0.6 is 34.5 Å². The van der Waals surface area contributed by atoms with Crippen molar-refractivity contribution in [3.8, 4) is 0 Å². The highest BCUT2D eigenvalue weighted by atomic mass is 35.5. The number of sulfonamides is 1. The predicted octanol–water partition coefficient (Wildman–Crippen LogP) is 2.92. The average molecular weight is 300 g/mol. The molecule has 3 nitrogen and oxygen atoms in total. The SMILES string of the molecule is C=C(Cl)CS(=O)(=O)N(C)Cc1ccc(Cl)s1. The van der Waals surface area contributed by atoms with Crippen molar-refractivity contribution in [1.29, 1.82) is 0 Å². The maximum Gasteiger partial charge on any atom is 0.219 e. The Labute approximate surface area is 109 Å². The average Bonchev–Trinajstić information content (AvgIpc) is 2.48. The lowest BCUT2D eigenvalue weighted by molar-refractivity contribution is 0.472. The molecule has 0 saturated heterocycles. The molecule has 0 bridgehead atoms. The van der Waals surface area contributed by atoms with Gasteiger partial charge in [0.05, 0.1) is 10.1 Å². The fourth-order valence-corrected chi connectivity index (χ4v) is 3.65. The lowest BCUT2D eigenvalue weighted by Gasteiger charge is -2.15. The van der Waals surface area contributed by atoms with Crippen LogP contribution in [0.1, 0.15) is 4.88 Å². The van der Waals surface area contributed by atoms with Gasteiger partial charge >= 0.3 is 0 Å². The molecular formula is C9H11Cl2NO2S2. The second-order valence-corrected chi connectivity index (χ2v) is 7.65. The van der Waals surface area contributed by atoms with Crippen molar-refractivity contribution in [1.82, 2.24) is 4.31 Å². The van der Waals surface area contributed by atoms with E-state index in [-0.39, 0.29) is 10.8 Å². The van der Waals surface area contributed by atoms with Crippen LogP contribution in [0.2, 0.25) is 4.34 Å². The molecule has 1 aromatic heterocycles. The second-order valence-electron chi connectivity index (χ2n) is 3.24. The van der Waals surface area contributed by atoms with Crippen molar-refractivity contribution in [2.75, 3.05) is 12.8 Å². The molecule has 0 amide bonds. The summed E-state index contributed by atoms with van der Waals surface area (Å²) in [7, 11) is -1.88. The molecule has 0 atom stereocenters. The van der Waals surface area contributed by atoms with Crippen LogP contribution in [0, 0.1) is 0 Å². The molecule has 0 saturated carbocycles. The van der Waals surface area contributed by atoms with Crippen LogP contribution in [0.25, 0.3) is 0 Å². The van der Waals surface area contributed by atoms with Gasteiger partial charge in [0.2, 0.25) is 10.0 Å². The molecule has 0 unspecified atom stereocenters. The van der Waals surface area contributed by atoms with Crippen molar-refractivity contribution in [2.24, 2.45) is 0 Å². The zero-order valence-electron chi connectivity index (χ0n) is 8.61. The Morgan fingerprint density at radius 1 is 1.56 bits per heavy atom. The van der Waals surface area contributed by atoms with E-state index < -0.39 is 10.0 Å². The molecule has 16 heavy (non-hydrogen) atoms. The highest BCUT2D eigenvalue weighted by molar-refractivity contribution is 7.89. The molecular weight excluding hydrogens is 289 g/mol. The van der Waals surface area contributed by atoms with Gasteiger partial charge in [-0.1, -0.05) is 29.8 Å². The Balaban J connectivity index is 2.72. The largest absolute Gasteiger partial charge is 0.219 e. The van der Waals surface area contributed by atoms with Crippen molar-refractivity contribution < 1.29 is 8.42 Å². The zero-order chi connectivity index (χ0) is 12.3. The van der Waals surface area contributed by atoms with Gasteiger partial charge in [-0.05, 0) is 12.1 Å². The maximum atomic E-state index is 11.7. The topological polar surface area (TPSA) is 37.4 Å². The van der Waals surface area contributed by atoms with E-state index in [0.717, 1.165) is 4.88 Å². The van der Waals surface area contributed by atoms with E-state index in [9.17, 15) is 8.42 Å². The Kier molecular flexibility index (Phi) is 4.82. The van der Waals surface area contributed by atoms with Gasteiger partial charge < -0.3 is 0 Å². The Hall–Kier alpha value is -0.0700. The minimum atomic E-state index is -3.38. The molecule has 0 fully saturated rings. The van der Waals surface area contributed by atoms with E-state index in [1.54, 1.807) is 12.1 Å². The first-order valence-electron chi connectivity index (χ1n) is 4.33. The van der Waals surface area contributed by atoms with E-state index in [4.69, 9.17) is 23.2 Å². The number of hydrogen-bond donors (Lipinski definition) is 0. The summed E-state index contributed by atoms with van der Waals surface area (Å²) in [5, 5.41) is 0.107. The molecule has 1 heterocycles. The highest BCUT2D eigenvalue weighted by Gasteiger charge is 2.19. The third-order valence-corrected chi connectivity index (χ3v) is 5.12. The molecule has 0 radical (unpaired) electrons. The van der Waals surface area contributed by atoms with E-state index in [2.05, 4.69) is 6.58 Å². The summed E-state index contributed by atoms with van der Waals surface area (Å²) in [5.74, 6) is -0.246. The minimum Gasteiger partial charge on any atom is -0.212 e. The Morgan fingerprint density at radius 3 is 2.62 bits per heavy atom. The summed E-state index contributed by atoms with van der Waals surface area (Å²) in [5.41, 5.74) is 0. The minimum absolute atomic E-state index is 0.107. The van der Waals surface area contributed by atoms with Crippen LogP contribution in [-0.2, 0) is 16.6 Å². The van der Waals surface area contributed by atoms with Crippen molar-refractivity contribution in [3.05, 3.63) is 33.0 Å². The van der Waals surface area contributed by atoms with Gasteiger partial charge in [-0.2, -0.15) is 4.31 Å². The van der Waals surface area contributed by atoms with Gasteiger partial charge in [-0.3, -0.25) is 0 Å². The van der Waals surface area contributed by atoms with Crippen LogP contribution in [0.3, 0.4) is 0 Å². The molecule has 0 N–H and O–H groups in total. The van der Waals surface area contributed by atoms with E-state index in [1.807, 2.05) is 0 Å². The molecule has 7 heteroatoms. The van der Waals surface area contributed by atoms with Crippen molar-refractivity contribution in [2.45, 2.75) is 6.54 Å². The summed E-state index contributed by atoms with van der Waals surface area (Å²) in [6.07, 6.45) is 0. The molecule has 0 aliphatic carbocycles. The van der Waals surface area contributed by atoms with E-state index in [0.29, 0.717) is 10.9 Å². The summed E-state index contributed by atoms with van der Waals surface area (Å²) >= 11 is 12.6. The third-order valence-electron chi connectivity index (χ3n) is 1.82. The monoisotopic (exact) mass is 299 g/mol. The van der Waals surface area contributed by atoms with Gasteiger partial charge in [0.15, 0.2) is 0 Å². The Bertz CT molecular complexity index is 481. The van der Waals surface area contributed by atoms with Gasteiger partial charge in [0.1, 0.15) is 0 Å². The van der Waals surface area contributed by atoms with Gasteiger partial charge in [-0.15, -0.1) is 11.3 Å². The van der Waals surface area contributed by atoms with Crippen molar-refractivity contribution in [3.63, 3.8) is 0 Å². The normalized spacial score (nSPS) is 12.0. The summed E-state index contributed by atoms with van der Waals surface area (Å²) in [4.78, 5) is 0.885.